The van der Waals surface area contributed by atoms with Crippen molar-refractivity contribution >= 4 is 11.7 Å². The van der Waals surface area contributed by atoms with E-state index >= 15 is 0 Å². The maximum Gasteiger partial charge on any atom is 0.264 e. The second-order valence-corrected chi connectivity index (χ2v) is 4.75. The van der Waals surface area contributed by atoms with Crippen molar-refractivity contribution in [3.63, 3.8) is 0 Å². The number of hydrogen-bond donors (Lipinski definition) is 3. The third-order valence-corrected chi connectivity index (χ3v) is 3.48. The molecule has 4 N–H and O–H groups in total. The summed E-state index contributed by atoms with van der Waals surface area (Å²) < 4.78 is 0. The van der Waals surface area contributed by atoms with Gasteiger partial charge in [0, 0.05) is 12.0 Å². The van der Waals surface area contributed by atoms with E-state index in [4.69, 9.17) is 5.73 Å². The third kappa shape index (κ3) is 3.16. The van der Waals surface area contributed by atoms with Crippen molar-refractivity contribution in [2.24, 2.45) is 17.6 Å². The van der Waals surface area contributed by atoms with Crippen LogP contribution in [0.4, 0.5) is 5.82 Å². The second kappa shape index (κ2) is 5.77. The van der Waals surface area contributed by atoms with Crippen LogP contribution in [0, 0.1) is 11.8 Å². The molecule has 0 unspecified atom stereocenters. The van der Waals surface area contributed by atoms with Gasteiger partial charge in [-0.1, -0.05) is 0 Å². The molecule has 18 heavy (non-hydrogen) atoms. The fraction of sp³-hybridized carbons (Fsp3) is 0.583. The van der Waals surface area contributed by atoms with Crippen molar-refractivity contribution in [2.45, 2.75) is 25.7 Å². The smallest absolute Gasteiger partial charge is 0.264 e. The minimum absolute atomic E-state index is 0.0231. The molecule has 98 valence electrons. The predicted molar refractivity (Wildman–Crippen MR) is 68.0 cm³/mol. The van der Waals surface area contributed by atoms with Crippen LogP contribution in [0.3, 0.4) is 0 Å². The van der Waals surface area contributed by atoms with Gasteiger partial charge >= 0.3 is 0 Å². The van der Waals surface area contributed by atoms with Crippen molar-refractivity contribution < 1.29 is 4.79 Å². The van der Waals surface area contributed by atoms with E-state index in [9.17, 15) is 9.59 Å². The number of nitrogens with zero attached hydrogens (tertiary/aromatic N) is 1. The molecule has 1 aliphatic carbocycles. The van der Waals surface area contributed by atoms with Crippen molar-refractivity contribution in [1.29, 1.82) is 0 Å². The Morgan fingerprint density at radius 1 is 1.39 bits per heavy atom. The normalized spacial score (nSPS) is 23.6. The molecule has 1 saturated carbocycles. The summed E-state index contributed by atoms with van der Waals surface area (Å²) in [5.74, 6) is 0.951. The van der Waals surface area contributed by atoms with Crippen LogP contribution in [-0.2, 0) is 4.79 Å². The van der Waals surface area contributed by atoms with Crippen LogP contribution in [0.15, 0.2) is 16.9 Å². The molecule has 0 radical (unpaired) electrons. The minimum atomic E-state index is -0.281. The molecule has 0 aromatic carbocycles. The SMILES string of the molecule is NCC1CCC(C(=O)Nc2ccc(=O)[nH]n2)CC1. The zero-order valence-corrected chi connectivity index (χ0v) is 10.2. The van der Waals surface area contributed by atoms with Crippen LogP contribution in [-0.4, -0.2) is 22.6 Å². The Balaban J connectivity index is 1.89. The van der Waals surface area contributed by atoms with Gasteiger partial charge in [-0.3, -0.25) is 9.59 Å². The summed E-state index contributed by atoms with van der Waals surface area (Å²) in [7, 11) is 0. The summed E-state index contributed by atoms with van der Waals surface area (Å²) in [5.41, 5.74) is 5.34. The van der Waals surface area contributed by atoms with Crippen LogP contribution in [0.5, 0.6) is 0 Å². The number of nitrogens with two attached hydrogens (primary N) is 1. The molecule has 2 rings (SSSR count). The topological polar surface area (TPSA) is 101 Å². The number of carbonyl (C=O) groups excluding carboxylic acids is 1. The number of amides is 1. The van der Waals surface area contributed by atoms with Gasteiger partial charge in [0.1, 0.15) is 0 Å². The first-order valence-corrected chi connectivity index (χ1v) is 6.25. The summed E-state index contributed by atoms with van der Waals surface area (Å²) in [6.45, 7) is 0.704. The maximum atomic E-state index is 12.0. The molecule has 1 heterocycles. The molecule has 1 aromatic rings. The van der Waals surface area contributed by atoms with Crippen LogP contribution in [0.1, 0.15) is 25.7 Å². The molecule has 1 aliphatic rings. The molecule has 6 heteroatoms. The largest absolute Gasteiger partial charge is 0.330 e. The lowest BCUT2D eigenvalue weighted by Crippen LogP contribution is -2.29. The molecular formula is C12H18N4O2. The summed E-state index contributed by atoms with van der Waals surface area (Å²) in [6, 6.07) is 2.84. The Labute approximate surface area is 105 Å². The number of carbonyl (C=O) groups is 1. The summed E-state index contributed by atoms with van der Waals surface area (Å²) in [4.78, 5) is 22.8. The highest BCUT2D eigenvalue weighted by molar-refractivity contribution is 5.91. The number of aromatic amines is 1. The zero-order valence-electron chi connectivity index (χ0n) is 10.2. The highest BCUT2D eigenvalue weighted by atomic mass is 16.2. The average Bonchev–Trinajstić information content (AvgIpc) is 2.41. The number of H-pyrrole nitrogens is 1. The number of rotatable bonds is 3. The van der Waals surface area contributed by atoms with Crippen LogP contribution >= 0.6 is 0 Å². The maximum absolute atomic E-state index is 12.0. The van der Waals surface area contributed by atoms with Crippen molar-refractivity contribution in [3.8, 4) is 0 Å². The van der Waals surface area contributed by atoms with E-state index in [2.05, 4.69) is 15.5 Å². The van der Waals surface area contributed by atoms with E-state index in [0.717, 1.165) is 25.7 Å². The summed E-state index contributed by atoms with van der Waals surface area (Å²) in [6.07, 6.45) is 3.76. The average molecular weight is 250 g/mol. The molecule has 1 amide bonds. The lowest BCUT2D eigenvalue weighted by atomic mass is 9.81. The molecule has 0 aliphatic heterocycles. The lowest BCUT2D eigenvalue weighted by Gasteiger charge is -2.26. The Morgan fingerprint density at radius 2 is 2.11 bits per heavy atom. The van der Waals surface area contributed by atoms with Crippen molar-refractivity contribution in [1.82, 2.24) is 10.2 Å². The van der Waals surface area contributed by atoms with Crippen molar-refractivity contribution in [2.75, 3.05) is 11.9 Å². The standard InChI is InChI=1S/C12H18N4O2/c13-7-8-1-3-9(4-2-8)12(18)14-10-5-6-11(17)16-15-10/h5-6,8-9H,1-4,7,13H2,(H,16,17)(H,14,15,18). The first-order chi connectivity index (χ1) is 8.69. The Kier molecular flexibility index (Phi) is 4.09. The monoisotopic (exact) mass is 250 g/mol. The molecular weight excluding hydrogens is 232 g/mol. The van der Waals surface area contributed by atoms with Gasteiger partial charge in [0.25, 0.3) is 5.56 Å². The highest BCUT2D eigenvalue weighted by Gasteiger charge is 2.25. The van der Waals surface area contributed by atoms with Gasteiger partial charge in [-0.15, -0.1) is 0 Å². The Morgan fingerprint density at radius 3 is 2.67 bits per heavy atom. The van der Waals surface area contributed by atoms with Gasteiger partial charge in [-0.2, -0.15) is 5.10 Å². The van der Waals surface area contributed by atoms with Gasteiger partial charge in [-0.25, -0.2) is 5.10 Å². The van der Waals surface area contributed by atoms with E-state index in [1.807, 2.05) is 0 Å². The summed E-state index contributed by atoms with van der Waals surface area (Å²) in [5, 5.41) is 8.76. The lowest BCUT2D eigenvalue weighted by molar-refractivity contribution is -0.121. The molecule has 6 nitrogen and oxygen atoms in total. The fourth-order valence-corrected chi connectivity index (χ4v) is 2.30. The van der Waals surface area contributed by atoms with Gasteiger partial charge in [0.05, 0.1) is 0 Å². The first-order valence-electron chi connectivity index (χ1n) is 6.25. The van der Waals surface area contributed by atoms with Gasteiger partial charge < -0.3 is 11.1 Å². The van der Waals surface area contributed by atoms with E-state index in [-0.39, 0.29) is 17.4 Å². The van der Waals surface area contributed by atoms with Gasteiger partial charge in [0.15, 0.2) is 5.82 Å². The minimum Gasteiger partial charge on any atom is -0.330 e. The van der Waals surface area contributed by atoms with Crippen LogP contribution in [0.2, 0.25) is 0 Å². The Hall–Kier alpha value is -1.69. The van der Waals surface area contributed by atoms with E-state index < -0.39 is 0 Å². The van der Waals surface area contributed by atoms with Crippen LogP contribution in [0.25, 0.3) is 0 Å². The van der Waals surface area contributed by atoms with Gasteiger partial charge in [-0.05, 0) is 44.2 Å². The predicted octanol–water partition coefficient (Wildman–Crippen LogP) is 0.473. The summed E-state index contributed by atoms with van der Waals surface area (Å²) >= 11 is 0. The third-order valence-electron chi connectivity index (χ3n) is 3.48. The zero-order chi connectivity index (χ0) is 13.0. The van der Waals surface area contributed by atoms with Crippen molar-refractivity contribution in [3.05, 3.63) is 22.5 Å². The molecule has 0 saturated heterocycles. The number of nitrogens with one attached hydrogen (secondary N) is 2. The molecule has 0 bridgehead atoms. The first kappa shape index (κ1) is 12.8. The molecule has 1 fully saturated rings. The number of aromatic nitrogens is 2. The molecule has 0 spiro atoms. The van der Waals surface area contributed by atoms with Crippen LogP contribution < -0.4 is 16.6 Å². The van der Waals surface area contributed by atoms with E-state index in [0.29, 0.717) is 18.3 Å². The van der Waals surface area contributed by atoms with E-state index in [1.165, 1.54) is 12.1 Å². The Bertz CT molecular complexity index is 443. The highest BCUT2D eigenvalue weighted by Crippen LogP contribution is 2.28. The number of hydrogen-bond acceptors (Lipinski definition) is 4. The van der Waals surface area contributed by atoms with Gasteiger partial charge in [0.2, 0.25) is 5.91 Å². The fourth-order valence-electron chi connectivity index (χ4n) is 2.30. The molecule has 1 aromatic heterocycles. The van der Waals surface area contributed by atoms with E-state index in [1.54, 1.807) is 0 Å². The molecule has 0 atom stereocenters. The second-order valence-electron chi connectivity index (χ2n) is 4.75. The number of anilines is 1. The quantitative estimate of drug-likeness (QED) is 0.726.